The Morgan fingerprint density at radius 3 is 1.00 bits per heavy atom. The zero-order chi connectivity index (χ0) is 11.6. The van der Waals surface area contributed by atoms with Gasteiger partial charge in [0, 0.05) is 16.7 Å². The first kappa shape index (κ1) is 12.0. The van der Waals surface area contributed by atoms with E-state index in [1.807, 2.05) is 0 Å². The highest BCUT2D eigenvalue weighted by Gasteiger charge is 2.09. The molecule has 1 aromatic rings. The summed E-state index contributed by atoms with van der Waals surface area (Å²) in [6.45, 7) is 0. The van der Waals surface area contributed by atoms with Crippen molar-refractivity contribution < 1.29 is 15.3 Å². The number of aliphatic hydroxyl groups is 3. The van der Waals surface area contributed by atoms with Crippen molar-refractivity contribution in [3.05, 3.63) is 34.9 Å². The summed E-state index contributed by atoms with van der Waals surface area (Å²) in [7, 11) is 0. The number of hydrogen-bond donors (Lipinski definition) is 3. The highest BCUT2D eigenvalue weighted by molar-refractivity contribution is 7.81. The van der Waals surface area contributed by atoms with Crippen molar-refractivity contribution in [2.75, 3.05) is 0 Å². The van der Waals surface area contributed by atoms with Crippen LogP contribution in [0.2, 0.25) is 0 Å². The number of hydrogen-bond acceptors (Lipinski definition) is 3. The Bertz CT molecular complexity index is 375. The average Bonchev–Trinajstić information content (AvgIpc) is 2.16. The molecule has 0 aliphatic rings. The second-order valence-corrected chi connectivity index (χ2v) is 3.87. The number of thiocarbonyl (C=S) groups is 3. The van der Waals surface area contributed by atoms with Gasteiger partial charge in [0.15, 0.2) is 15.2 Å². The summed E-state index contributed by atoms with van der Waals surface area (Å²) in [5.41, 5.74) is 0.806. The molecule has 0 aliphatic carbocycles. The molecule has 6 heteroatoms. The fourth-order valence-electron chi connectivity index (χ4n) is 0.998. The fraction of sp³-hybridized carbons (Fsp3) is 0. The Labute approximate surface area is 102 Å². The zero-order valence-corrected chi connectivity index (χ0v) is 9.75. The van der Waals surface area contributed by atoms with Crippen molar-refractivity contribution in [3.8, 4) is 0 Å². The summed E-state index contributed by atoms with van der Waals surface area (Å²) >= 11 is 13.7. The Hall–Kier alpha value is -1.11. The highest BCUT2D eigenvalue weighted by Crippen LogP contribution is 2.12. The van der Waals surface area contributed by atoms with E-state index in [0.29, 0.717) is 0 Å². The van der Waals surface area contributed by atoms with Gasteiger partial charge in [0.1, 0.15) is 0 Å². The van der Waals surface area contributed by atoms with Gasteiger partial charge in [-0.1, -0.05) is 0 Å². The quantitative estimate of drug-likeness (QED) is 0.724. The van der Waals surface area contributed by atoms with Crippen LogP contribution in [0.1, 0.15) is 16.7 Å². The van der Waals surface area contributed by atoms with Gasteiger partial charge in [-0.25, -0.2) is 0 Å². The molecular formula is C9H6O3S3. The molecule has 15 heavy (non-hydrogen) atoms. The van der Waals surface area contributed by atoms with E-state index < -0.39 is 0 Å². The largest absolute Gasteiger partial charge is 0.499 e. The van der Waals surface area contributed by atoms with Gasteiger partial charge in [-0.3, -0.25) is 0 Å². The molecule has 0 fully saturated rings. The number of rotatable bonds is 3. The second-order valence-electron chi connectivity index (χ2n) is 2.71. The van der Waals surface area contributed by atoms with Crippen LogP contribution in [0.15, 0.2) is 18.2 Å². The van der Waals surface area contributed by atoms with Crippen LogP contribution in [0.4, 0.5) is 0 Å². The maximum atomic E-state index is 9.12. The number of benzene rings is 1. The summed E-state index contributed by atoms with van der Waals surface area (Å²) in [5, 5.41) is 26.3. The van der Waals surface area contributed by atoms with E-state index in [2.05, 4.69) is 36.7 Å². The predicted octanol–water partition coefficient (Wildman–Crippen LogP) is 2.39. The van der Waals surface area contributed by atoms with Crippen molar-refractivity contribution >= 4 is 51.8 Å². The Kier molecular flexibility index (Phi) is 3.67. The SMILES string of the molecule is OC(=S)c1cc(C(O)=S)cc(C(O)=S)c1. The van der Waals surface area contributed by atoms with Crippen LogP contribution in [-0.4, -0.2) is 30.5 Å². The lowest BCUT2D eigenvalue weighted by Gasteiger charge is -2.04. The third-order valence-electron chi connectivity index (χ3n) is 1.67. The van der Waals surface area contributed by atoms with Crippen LogP contribution in [0.3, 0.4) is 0 Å². The molecule has 3 nitrogen and oxygen atoms in total. The van der Waals surface area contributed by atoms with Crippen molar-refractivity contribution in [1.29, 1.82) is 0 Å². The van der Waals surface area contributed by atoms with Gasteiger partial charge in [0.2, 0.25) is 0 Å². The van der Waals surface area contributed by atoms with E-state index in [4.69, 9.17) is 15.3 Å². The maximum Gasteiger partial charge on any atom is 0.188 e. The van der Waals surface area contributed by atoms with Crippen LogP contribution >= 0.6 is 36.7 Å². The Balaban J connectivity index is 3.39. The molecule has 0 heterocycles. The molecule has 0 unspecified atom stereocenters. The van der Waals surface area contributed by atoms with Gasteiger partial charge in [0.25, 0.3) is 0 Å². The lowest BCUT2D eigenvalue weighted by molar-refractivity contribution is 0.567. The minimum absolute atomic E-state index is 0.269. The first-order valence-corrected chi connectivity index (χ1v) is 4.99. The van der Waals surface area contributed by atoms with Gasteiger partial charge in [0.05, 0.1) is 0 Å². The van der Waals surface area contributed by atoms with Gasteiger partial charge < -0.3 is 15.3 Å². The molecule has 0 saturated heterocycles. The molecule has 3 N–H and O–H groups in total. The lowest BCUT2D eigenvalue weighted by atomic mass is 10.1. The molecule has 0 spiro atoms. The minimum atomic E-state index is -0.356. The first-order valence-electron chi connectivity index (χ1n) is 3.77. The maximum absolute atomic E-state index is 9.12. The van der Waals surface area contributed by atoms with E-state index in [1.165, 1.54) is 18.2 Å². The van der Waals surface area contributed by atoms with Crippen LogP contribution in [0.5, 0.6) is 0 Å². The number of aliphatic hydroxyl groups excluding tert-OH is 3. The molecule has 0 radical (unpaired) electrons. The molecule has 1 rings (SSSR count). The molecular weight excluding hydrogens is 252 g/mol. The van der Waals surface area contributed by atoms with Crippen molar-refractivity contribution in [2.45, 2.75) is 0 Å². The van der Waals surface area contributed by atoms with Crippen LogP contribution in [-0.2, 0) is 0 Å². The van der Waals surface area contributed by atoms with Gasteiger partial charge >= 0.3 is 0 Å². The third-order valence-corrected chi connectivity index (χ3v) is 2.38. The smallest absolute Gasteiger partial charge is 0.188 e. The van der Waals surface area contributed by atoms with Gasteiger partial charge in [-0.05, 0) is 54.9 Å². The van der Waals surface area contributed by atoms with E-state index in [9.17, 15) is 0 Å². The minimum Gasteiger partial charge on any atom is -0.499 e. The summed E-state index contributed by atoms with van der Waals surface area (Å²) in [6, 6.07) is 4.23. The lowest BCUT2D eigenvalue weighted by Crippen LogP contribution is -2.05. The predicted molar refractivity (Wildman–Crippen MR) is 69.4 cm³/mol. The summed E-state index contributed by atoms with van der Waals surface area (Å²) in [4.78, 5) is 0. The molecule has 78 valence electrons. The fourth-order valence-corrected chi connectivity index (χ4v) is 1.35. The average molecular weight is 258 g/mol. The van der Waals surface area contributed by atoms with Crippen molar-refractivity contribution in [2.24, 2.45) is 0 Å². The van der Waals surface area contributed by atoms with Crippen LogP contribution in [0, 0.1) is 0 Å². The molecule has 1 aromatic carbocycles. The normalized spacial score (nSPS) is 9.60. The topological polar surface area (TPSA) is 60.7 Å². The molecule has 0 atom stereocenters. The third kappa shape index (κ3) is 2.92. The molecule has 0 saturated carbocycles. The van der Waals surface area contributed by atoms with Crippen molar-refractivity contribution in [3.63, 3.8) is 0 Å². The Morgan fingerprint density at radius 1 is 0.667 bits per heavy atom. The first-order chi connectivity index (χ1) is 6.91. The standard InChI is InChI=1S/C9H6O3S3/c10-7(13)4-1-5(8(11)14)3-6(2-4)9(12)15/h1-3H,(H,10,13)(H,11,14)(H,12,15). The van der Waals surface area contributed by atoms with Crippen LogP contribution < -0.4 is 0 Å². The summed E-state index contributed by atoms with van der Waals surface area (Å²) in [5.74, 6) is 0. The zero-order valence-electron chi connectivity index (χ0n) is 7.30. The molecule has 0 aliphatic heterocycles. The van der Waals surface area contributed by atoms with E-state index in [-0.39, 0.29) is 31.8 Å². The van der Waals surface area contributed by atoms with E-state index >= 15 is 0 Å². The van der Waals surface area contributed by atoms with Gasteiger partial charge in [-0.15, -0.1) is 0 Å². The summed E-state index contributed by atoms with van der Waals surface area (Å²) < 4.78 is 0. The molecule has 0 bridgehead atoms. The van der Waals surface area contributed by atoms with Crippen LogP contribution in [0.25, 0.3) is 0 Å². The monoisotopic (exact) mass is 258 g/mol. The highest BCUT2D eigenvalue weighted by atomic mass is 32.1. The molecule has 0 amide bonds. The Morgan fingerprint density at radius 2 is 0.867 bits per heavy atom. The van der Waals surface area contributed by atoms with Gasteiger partial charge in [-0.2, -0.15) is 0 Å². The second kappa shape index (κ2) is 4.61. The molecule has 0 aromatic heterocycles. The van der Waals surface area contributed by atoms with Crippen molar-refractivity contribution in [1.82, 2.24) is 0 Å². The van der Waals surface area contributed by atoms with E-state index in [0.717, 1.165) is 0 Å². The van der Waals surface area contributed by atoms with E-state index in [1.54, 1.807) is 0 Å². The summed E-state index contributed by atoms with van der Waals surface area (Å²) in [6.07, 6.45) is 0.